The van der Waals surface area contributed by atoms with Crippen LogP contribution < -0.4 is 15.6 Å². The fourth-order valence-electron chi connectivity index (χ4n) is 2.28. The van der Waals surface area contributed by atoms with E-state index in [4.69, 9.17) is 4.74 Å². The van der Waals surface area contributed by atoms with E-state index in [-0.39, 0.29) is 5.39 Å². The Morgan fingerprint density at radius 2 is 2.32 bits per heavy atom. The summed E-state index contributed by atoms with van der Waals surface area (Å²) in [4.78, 5) is 11.6. The van der Waals surface area contributed by atoms with Gasteiger partial charge in [-0.25, -0.2) is 9.49 Å². The molecule has 0 saturated carbocycles. The molecule has 3 rings (SSSR count). The van der Waals surface area contributed by atoms with Gasteiger partial charge in [0.2, 0.25) is 5.88 Å². The van der Waals surface area contributed by atoms with Gasteiger partial charge in [0.05, 0.1) is 17.4 Å². The Bertz CT molecular complexity index is 650. The van der Waals surface area contributed by atoms with E-state index in [9.17, 15) is 9.18 Å². The first kappa shape index (κ1) is 12.1. The number of fused-ring (bicyclic) bond motifs is 1. The average molecular weight is 263 g/mol. The number of nitrogens with zero attached hydrogens (tertiary/aromatic N) is 1. The summed E-state index contributed by atoms with van der Waals surface area (Å²) in [5.74, 6) is 0.348. The second-order valence-corrected chi connectivity index (χ2v) is 4.72. The van der Waals surface area contributed by atoms with E-state index in [2.05, 4.69) is 15.5 Å². The molecule has 1 aromatic heterocycles. The minimum Gasteiger partial charge on any atom is -0.476 e. The molecule has 0 unspecified atom stereocenters. The molecule has 2 heterocycles. The molecule has 2 aromatic rings. The molecule has 0 bridgehead atoms. The van der Waals surface area contributed by atoms with Gasteiger partial charge in [-0.3, -0.25) is 4.79 Å². The molecule has 100 valence electrons. The van der Waals surface area contributed by atoms with Crippen LogP contribution in [0, 0.1) is 11.7 Å². The van der Waals surface area contributed by atoms with Crippen molar-refractivity contribution < 1.29 is 9.13 Å². The molecule has 0 aliphatic carbocycles. The van der Waals surface area contributed by atoms with Crippen molar-refractivity contribution in [2.75, 3.05) is 19.7 Å². The zero-order valence-electron chi connectivity index (χ0n) is 10.3. The van der Waals surface area contributed by atoms with Gasteiger partial charge in [0.15, 0.2) is 0 Å². The maximum atomic E-state index is 13.2. The van der Waals surface area contributed by atoms with Gasteiger partial charge in [-0.1, -0.05) is 0 Å². The number of H-pyrrole nitrogens is 1. The highest BCUT2D eigenvalue weighted by Crippen LogP contribution is 2.21. The number of ether oxygens (including phenoxy) is 1. The highest BCUT2D eigenvalue weighted by Gasteiger charge is 2.16. The third-order valence-corrected chi connectivity index (χ3v) is 3.33. The van der Waals surface area contributed by atoms with Gasteiger partial charge in [0.25, 0.3) is 5.56 Å². The lowest BCUT2D eigenvalue weighted by Gasteiger charge is -2.11. The maximum Gasteiger partial charge on any atom is 0.272 e. The molecule has 19 heavy (non-hydrogen) atoms. The number of hydrogen-bond acceptors (Lipinski definition) is 4. The zero-order chi connectivity index (χ0) is 13.2. The molecule has 1 saturated heterocycles. The van der Waals surface area contributed by atoms with Gasteiger partial charge in [0, 0.05) is 12.5 Å². The molecule has 0 spiro atoms. The molecule has 1 aromatic carbocycles. The van der Waals surface area contributed by atoms with Gasteiger partial charge in [0.1, 0.15) is 5.82 Å². The molecular weight excluding hydrogens is 249 g/mol. The third kappa shape index (κ3) is 2.44. The van der Waals surface area contributed by atoms with Crippen LogP contribution >= 0.6 is 0 Å². The number of nitrogens with one attached hydrogen (secondary N) is 2. The van der Waals surface area contributed by atoms with E-state index in [1.54, 1.807) is 0 Å². The molecule has 1 fully saturated rings. The molecular formula is C13H14FN3O2. The molecule has 1 aliphatic heterocycles. The highest BCUT2D eigenvalue weighted by molar-refractivity contribution is 5.85. The number of aromatic amines is 1. The van der Waals surface area contributed by atoms with E-state index in [1.165, 1.54) is 18.2 Å². The monoisotopic (exact) mass is 263 g/mol. The van der Waals surface area contributed by atoms with Gasteiger partial charge in [-0.15, -0.1) is 5.10 Å². The maximum absolute atomic E-state index is 13.2. The Morgan fingerprint density at radius 1 is 1.42 bits per heavy atom. The fourth-order valence-corrected chi connectivity index (χ4v) is 2.28. The van der Waals surface area contributed by atoms with Crippen LogP contribution in [0.25, 0.3) is 10.8 Å². The Labute approximate surface area is 108 Å². The third-order valence-electron chi connectivity index (χ3n) is 3.33. The minimum atomic E-state index is -0.449. The van der Waals surface area contributed by atoms with E-state index in [0.29, 0.717) is 23.8 Å². The first-order valence-electron chi connectivity index (χ1n) is 6.25. The second kappa shape index (κ2) is 4.97. The van der Waals surface area contributed by atoms with Crippen LogP contribution in [0.2, 0.25) is 0 Å². The van der Waals surface area contributed by atoms with E-state index in [1.807, 2.05) is 0 Å². The predicted octanol–water partition coefficient (Wildman–Crippen LogP) is 1.05. The fraction of sp³-hybridized carbons (Fsp3) is 0.385. The Balaban J connectivity index is 1.90. The van der Waals surface area contributed by atoms with Crippen molar-refractivity contribution in [3.05, 3.63) is 34.4 Å². The molecule has 0 radical (unpaired) electrons. The van der Waals surface area contributed by atoms with Crippen LogP contribution in [-0.2, 0) is 0 Å². The van der Waals surface area contributed by atoms with E-state index >= 15 is 0 Å². The summed E-state index contributed by atoms with van der Waals surface area (Å²) in [5, 5.41) is 10.3. The van der Waals surface area contributed by atoms with E-state index < -0.39 is 11.4 Å². The quantitative estimate of drug-likeness (QED) is 0.868. The predicted molar refractivity (Wildman–Crippen MR) is 68.8 cm³/mol. The molecule has 2 N–H and O–H groups in total. The van der Waals surface area contributed by atoms with Crippen LogP contribution in [-0.4, -0.2) is 29.9 Å². The van der Waals surface area contributed by atoms with Crippen molar-refractivity contribution in [1.29, 1.82) is 0 Å². The molecule has 6 heteroatoms. The summed E-state index contributed by atoms with van der Waals surface area (Å²) < 4.78 is 18.8. The highest BCUT2D eigenvalue weighted by atomic mass is 19.1. The van der Waals surface area contributed by atoms with Crippen molar-refractivity contribution in [2.24, 2.45) is 5.92 Å². The van der Waals surface area contributed by atoms with Crippen molar-refractivity contribution in [3.8, 4) is 5.88 Å². The summed E-state index contributed by atoms with van der Waals surface area (Å²) in [6.07, 6.45) is 1.07. The van der Waals surface area contributed by atoms with Crippen LogP contribution in [0.1, 0.15) is 6.42 Å². The van der Waals surface area contributed by atoms with Gasteiger partial charge < -0.3 is 10.1 Å². The number of halogens is 1. The minimum absolute atomic E-state index is 0.259. The van der Waals surface area contributed by atoms with Crippen molar-refractivity contribution in [2.45, 2.75) is 6.42 Å². The average Bonchev–Trinajstić information content (AvgIpc) is 2.92. The van der Waals surface area contributed by atoms with Crippen molar-refractivity contribution >= 4 is 10.8 Å². The lowest BCUT2D eigenvalue weighted by atomic mass is 10.1. The van der Waals surface area contributed by atoms with E-state index in [0.717, 1.165) is 19.5 Å². The zero-order valence-corrected chi connectivity index (χ0v) is 10.3. The molecule has 1 atom stereocenters. The smallest absolute Gasteiger partial charge is 0.272 e. The lowest BCUT2D eigenvalue weighted by molar-refractivity contribution is 0.251. The number of aromatic nitrogens is 2. The molecule has 0 amide bonds. The summed E-state index contributed by atoms with van der Waals surface area (Å²) in [6, 6.07) is 4.02. The Kier molecular flexibility index (Phi) is 3.16. The van der Waals surface area contributed by atoms with Gasteiger partial charge in [-0.2, -0.15) is 0 Å². The Hall–Kier alpha value is -1.95. The lowest BCUT2D eigenvalue weighted by Crippen LogP contribution is -2.17. The topological polar surface area (TPSA) is 67.0 Å². The molecule has 5 nitrogen and oxygen atoms in total. The normalized spacial score (nSPS) is 18.9. The van der Waals surface area contributed by atoms with Crippen molar-refractivity contribution in [1.82, 2.24) is 15.5 Å². The summed E-state index contributed by atoms with van der Waals surface area (Å²) >= 11 is 0. The van der Waals surface area contributed by atoms with Crippen LogP contribution in [0.3, 0.4) is 0 Å². The van der Waals surface area contributed by atoms with Crippen LogP contribution in [0.4, 0.5) is 4.39 Å². The summed E-state index contributed by atoms with van der Waals surface area (Å²) in [5.41, 5.74) is -0.413. The number of hydrogen-bond donors (Lipinski definition) is 2. The Morgan fingerprint density at radius 3 is 3.11 bits per heavy atom. The number of rotatable bonds is 3. The SMILES string of the molecule is O=c1[nH]nc(OC[C@@H]2CCNC2)c2ccc(F)cc12. The first-order valence-corrected chi connectivity index (χ1v) is 6.25. The van der Waals surface area contributed by atoms with Crippen LogP contribution in [0.5, 0.6) is 5.88 Å². The summed E-state index contributed by atoms with van der Waals surface area (Å²) in [6.45, 7) is 2.47. The number of benzene rings is 1. The van der Waals surface area contributed by atoms with Gasteiger partial charge >= 0.3 is 0 Å². The van der Waals surface area contributed by atoms with Crippen molar-refractivity contribution in [3.63, 3.8) is 0 Å². The van der Waals surface area contributed by atoms with Gasteiger partial charge in [-0.05, 0) is 31.2 Å². The first-order chi connectivity index (χ1) is 9.24. The summed E-state index contributed by atoms with van der Waals surface area (Å²) in [7, 11) is 0. The largest absolute Gasteiger partial charge is 0.476 e. The second-order valence-electron chi connectivity index (χ2n) is 4.72. The standard InChI is InChI=1S/C13H14FN3O2/c14-9-1-2-10-11(5-9)12(18)16-17-13(10)19-7-8-3-4-15-6-8/h1-2,5,8,15H,3-4,6-7H2,(H,16,18)/t8-/m1/s1. The molecule has 1 aliphatic rings. The van der Waals surface area contributed by atoms with Crippen LogP contribution in [0.15, 0.2) is 23.0 Å².